The van der Waals surface area contributed by atoms with Crippen molar-refractivity contribution in [2.45, 2.75) is 32.4 Å². The number of methoxy groups -OCH3 is 1. The van der Waals surface area contributed by atoms with E-state index in [4.69, 9.17) is 4.74 Å². The van der Waals surface area contributed by atoms with Crippen LogP contribution in [-0.4, -0.2) is 58.7 Å². The molecule has 8 nitrogen and oxygen atoms in total. The number of nitrogens with zero attached hydrogens (tertiary/aromatic N) is 5. The van der Waals surface area contributed by atoms with E-state index >= 15 is 0 Å². The third kappa shape index (κ3) is 4.69. The van der Waals surface area contributed by atoms with Gasteiger partial charge in [-0.2, -0.15) is 0 Å². The van der Waals surface area contributed by atoms with Crippen molar-refractivity contribution in [1.82, 2.24) is 25.2 Å². The van der Waals surface area contributed by atoms with Crippen LogP contribution in [0.5, 0.6) is 5.75 Å². The number of carbonyl (C=O) groups excluding carboxylic acids is 1. The summed E-state index contributed by atoms with van der Waals surface area (Å²) in [6, 6.07) is 11.7. The van der Waals surface area contributed by atoms with Crippen LogP contribution >= 0.6 is 0 Å². The molecule has 2 aliphatic rings. The Balaban J connectivity index is 1.27. The zero-order valence-electron chi connectivity index (χ0n) is 20.3. The molecule has 1 N–H and O–H groups in total. The van der Waals surface area contributed by atoms with E-state index in [1.807, 2.05) is 60.6 Å². The summed E-state index contributed by atoms with van der Waals surface area (Å²) in [7, 11) is 1.65. The predicted molar refractivity (Wildman–Crippen MR) is 136 cm³/mol. The molecular formula is C27H30N6O2. The van der Waals surface area contributed by atoms with Gasteiger partial charge in [0.05, 0.1) is 18.8 Å². The van der Waals surface area contributed by atoms with Crippen LogP contribution in [0.4, 0.5) is 10.6 Å². The highest BCUT2D eigenvalue weighted by Gasteiger charge is 2.31. The third-order valence-electron chi connectivity index (χ3n) is 6.79. The summed E-state index contributed by atoms with van der Waals surface area (Å²) in [4.78, 5) is 30.6. The van der Waals surface area contributed by atoms with Gasteiger partial charge in [0.2, 0.25) is 0 Å². The third-order valence-corrected chi connectivity index (χ3v) is 6.79. The Morgan fingerprint density at radius 1 is 1.17 bits per heavy atom. The van der Waals surface area contributed by atoms with Gasteiger partial charge >= 0.3 is 6.03 Å². The van der Waals surface area contributed by atoms with Crippen molar-refractivity contribution in [3.8, 4) is 5.75 Å². The number of carbonyl (C=O) groups is 1. The fourth-order valence-corrected chi connectivity index (χ4v) is 4.83. The van der Waals surface area contributed by atoms with E-state index in [9.17, 15) is 4.79 Å². The number of anilines is 1. The summed E-state index contributed by atoms with van der Waals surface area (Å²) in [5.41, 5.74) is 5.51. The van der Waals surface area contributed by atoms with Crippen LogP contribution in [0, 0.1) is 0 Å². The Hall–Kier alpha value is -3.94. The maximum absolute atomic E-state index is 13.1. The first-order valence-corrected chi connectivity index (χ1v) is 11.9. The van der Waals surface area contributed by atoms with Gasteiger partial charge in [0.1, 0.15) is 17.9 Å². The Morgan fingerprint density at radius 3 is 2.77 bits per heavy atom. The van der Waals surface area contributed by atoms with Crippen LogP contribution < -0.4 is 15.0 Å². The lowest BCUT2D eigenvalue weighted by Crippen LogP contribution is -2.57. The first kappa shape index (κ1) is 22.8. The predicted octanol–water partition coefficient (Wildman–Crippen LogP) is 3.96. The van der Waals surface area contributed by atoms with Crippen molar-refractivity contribution >= 4 is 23.5 Å². The minimum Gasteiger partial charge on any atom is -0.497 e. The molecule has 180 valence electrons. The topological polar surface area (TPSA) is 83.5 Å². The second kappa shape index (κ2) is 9.74. The van der Waals surface area contributed by atoms with Gasteiger partial charge in [-0.1, -0.05) is 12.1 Å². The van der Waals surface area contributed by atoms with Crippen LogP contribution in [-0.2, 0) is 6.42 Å². The maximum Gasteiger partial charge on any atom is 0.318 e. The van der Waals surface area contributed by atoms with E-state index in [0.717, 1.165) is 40.4 Å². The van der Waals surface area contributed by atoms with E-state index in [0.29, 0.717) is 19.6 Å². The minimum absolute atomic E-state index is 0.0388. The Morgan fingerprint density at radius 2 is 2.00 bits per heavy atom. The lowest BCUT2D eigenvalue weighted by molar-refractivity contribution is 0.168. The minimum atomic E-state index is -0.121. The zero-order chi connectivity index (χ0) is 24.4. The largest absolute Gasteiger partial charge is 0.497 e. The van der Waals surface area contributed by atoms with Crippen molar-refractivity contribution < 1.29 is 9.53 Å². The number of benzene rings is 1. The highest BCUT2D eigenvalue weighted by atomic mass is 16.5. The van der Waals surface area contributed by atoms with E-state index in [1.165, 1.54) is 5.57 Å². The fraction of sp³-hybridized carbons (Fsp3) is 0.333. The first-order chi connectivity index (χ1) is 17.0. The summed E-state index contributed by atoms with van der Waals surface area (Å²) < 4.78 is 5.31. The van der Waals surface area contributed by atoms with Crippen molar-refractivity contribution in [2.24, 2.45) is 0 Å². The van der Waals surface area contributed by atoms with E-state index in [-0.39, 0.29) is 18.1 Å². The number of allylic oxidation sites excluding steroid dienone is 1. The average Bonchev–Trinajstić information content (AvgIpc) is 3.33. The molecule has 0 radical (unpaired) electrons. The number of nitrogens with one attached hydrogen (secondary N) is 1. The molecule has 1 aliphatic heterocycles. The number of fused-ring (bicyclic) bond motifs is 1. The molecule has 2 amide bonds. The highest BCUT2D eigenvalue weighted by Crippen LogP contribution is 2.35. The molecule has 3 heterocycles. The Kier molecular flexibility index (Phi) is 6.35. The number of rotatable bonds is 5. The summed E-state index contributed by atoms with van der Waals surface area (Å²) in [5, 5.41) is 3.14. The number of hydrogen-bond donors (Lipinski definition) is 1. The standard InChI is InChI=1S/C27H30N6O2/c1-18-16-32(11-12-33(18)27(34)31-19(2)21-5-4-6-23(13-21)35-3)26-24-14-22(15-25(24)29-17-30-26)20-7-9-28-10-8-20/h4-10,13-14,17-19H,11-12,15-16H2,1-3H3,(H,31,34)/t18-,19+/m1/s1. The van der Waals surface area contributed by atoms with Gasteiger partial charge in [-0.05, 0) is 60.9 Å². The fourth-order valence-electron chi connectivity index (χ4n) is 4.83. The first-order valence-electron chi connectivity index (χ1n) is 11.9. The molecule has 0 bridgehead atoms. The van der Waals surface area contributed by atoms with Gasteiger partial charge in [0.15, 0.2) is 0 Å². The monoisotopic (exact) mass is 470 g/mol. The molecule has 0 spiro atoms. The summed E-state index contributed by atoms with van der Waals surface area (Å²) in [5.74, 6) is 1.72. The second-order valence-corrected chi connectivity index (χ2v) is 9.08. The molecule has 0 saturated carbocycles. The lowest BCUT2D eigenvalue weighted by Gasteiger charge is -2.41. The molecule has 3 aromatic rings. The van der Waals surface area contributed by atoms with Crippen LogP contribution in [0.25, 0.3) is 11.6 Å². The molecule has 1 aromatic carbocycles. The highest BCUT2D eigenvalue weighted by molar-refractivity contribution is 5.91. The van der Waals surface area contributed by atoms with Crippen LogP contribution in [0.15, 0.2) is 55.1 Å². The quantitative estimate of drug-likeness (QED) is 0.608. The molecule has 0 unspecified atom stereocenters. The molecule has 8 heteroatoms. The second-order valence-electron chi connectivity index (χ2n) is 9.08. The van der Waals surface area contributed by atoms with E-state index < -0.39 is 0 Å². The molecule has 35 heavy (non-hydrogen) atoms. The Labute approximate surface area is 205 Å². The number of urea groups is 1. The van der Waals surface area contributed by atoms with Crippen molar-refractivity contribution in [1.29, 1.82) is 0 Å². The SMILES string of the molecule is COc1cccc([C@H](C)NC(=O)N2CCN(c3ncnc4c3C=C(c3ccncc3)C4)C[C@H]2C)c1. The normalized spacial score (nSPS) is 18.0. The summed E-state index contributed by atoms with van der Waals surface area (Å²) >= 11 is 0. The van der Waals surface area contributed by atoms with E-state index in [1.54, 1.807) is 13.4 Å². The van der Waals surface area contributed by atoms with Gasteiger partial charge in [0, 0.05) is 50.1 Å². The van der Waals surface area contributed by atoms with Gasteiger partial charge in [0.25, 0.3) is 0 Å². The molecule has 2 atom stereocenters. The van der Waals surface area contributed by atoms with Crippen LogP contribution in [0.3, 0.4) is 0 Å². The summed E-state index contributed by atoms with van der Waals surface area (Å²) in [6.45, 7) is 6.12. The number of pyridine rings is 1. The summed E-state index contributed by atoms with van der Waals surface area (Å²) in [6.07, 6.45) is 8.26. The smallest absolute Gasteiger partial charge is 0.318 e. The van der Waals surface area contributed by atoms with Crippen molar-refractivity contribution in [2.75, 3.05) is 31.6 Å². The maximum atomic E-state index is 13.1. The number of ether oxygens (including phenoxy) is 1. The van der Waals surface area contributed by atoms with Gasteiger partial charge < -0.3 is 19.9 Å². The lowest BCUT2D eigenvalue weighted by atomic mass is 10.1. The molecule has 1 aliphatic carbocycles. The number of hydrogen-bond acceptors (Lipinski definition) is 6. The molecular weight excluding hydrogens is 440 g/mol. The van der Waals surface area contributed by atoms with Crippen LogP contribution in [0.1, 0.15) is 42.3 Å². The molecule has 5 rings (SSSR count). The van der Waals surface area contributed by atoms with Crippen LogP contribution in [0.2, 0.25) is 0 Å². The average molecular weight is 471 g/mol. The van der Waals surface area contributed by atoms with Gasteiger partial charge in [-0.3, -0.25) is 4.98 Å². The Bertz CT molecular complexity index is 1250. The number of amides is 2. The van der Waals surface area contributed by atoms with Crippen molar-refractivity contribution in [3.63, 3.8) is 0 Å². The van der Waals surface area contributed by atoms with E-state index in [2.05, 4.69) is 38.2 Å². The molecule has 1 saturated heterocycles. The van der Waals surface area contributed by atoms with Gasteiger partial charge in [-0.15, -0.1) is 0 Å². The number of aromatic nitrogens is 3. The van der Waals surface area contributed by atoms with Crippen molar-refractivity contribution in [3.05, 3.63) is 77.5 Å². The molecule has 2 aromatic heterocycles. The zero-order valence-corrected chi connectivity index (χ0v) is 20.3. The molecule has 1 fully saturated rings. The van der Waals surface area contributed by atoms with Gasteiger partial charge in [-0.25, -0.2) is 14.8 Å². The number of piperazine rings is 1.